The number of rotatable bonds is 3. The van der Waals surface area contributed by atoms with Crippen molar-refractivity contribution in [3.8, 4) is 0 Å². The Labute approximate surface area is 137 Å². The minimum Gasteiger partial charge on any atom is -0.481 e. The third-order valence-electron chi connectivity index (χ3n) is 5.84. The molecule has 1 unspecified atom stereocenters. The molecule has 130 valence electrons. The van der Waals surface area contributed by atoms with Crippen molar-refractivity contribution in [3.63, 3.8) is 0 Å². The predicted molar refractivity (Wildman–Crippen MR) is 85.1 cm³/mol. The van der Waals surface area contributed by atoms with Gasteiger partial charge in [0.25, 0.3) is 0 Å². The van der Waals surface area contributed by atoms with Crippen LogP contribution in [-0.2, 0) is 14.3 Å². The molecule has 1 amide bonds. The van der Waals surface area contributed by atoms with Gasteiger partial charge in [0, 0.05) is 31.7 Å². The number of carboxylic acids is 1. The van der Waals surface area contributed by atoms with Gasteiger partial charge in [0.15, 0.2) is 0 Å². The number of carboxylic acid groups (broad SMARTS) is 1. The van der Waals surface area contributed by atoms with Gasteiger partial charge in [0.2, 0.25) is 5.91 Å². The molecule has 3 saturated heterocycles. The summed E-state index contributed by atoms with van der Waals surface area (Å²) in [6.45, 7) is 4.58. The number of aliphatic carboxylic acids is 1. The van der Waals surface area contributed by atoms with Crippen molar-refractivity contribution >= 4 is 11.9 Å². The average molecular weight is 324 g/mol. The van der Waals surface area contributed by atoms with Gasteiger partial charge >= 0.3 is 5.97 Å². The van der Waals surface area contributed by atoms with E-state index >= 15 is 0 Å². The van der Waals surface area contributed by atoms with Gasteiger partial charge in [-0.1, -0.05) is 12.8 Å². The van der Waals surface area contributed by atoms with E-state index in [1.54, 1.807) is 4.90 Å². The highest BCUT2D eigenvalue weighted by Gasteiger charge is 2.51. The highest BCUT2D eigenvalue weighted by atomic mass is 16.5. The molecule has 0 aromatic heterocycles. The highest BCUT2D eigenvalue weighted by Crippen LogP contribution is 2.44. The fourth-order valence-corrected chi connectivity index (χ4v) is 4.37. The van der Waals surface area contributed by atoms with Crippen molar-refractivity contribution in [1.82, 2.24) is 9.80 Å². The number of ether oxygens (including phenoxy) is 1. The zero-order chi connectivity index (χ0) is 16.3. The molecule has 0 aromatic carbocycles. The first-order chi connectivity index (χ1) is 11.1. The Morgan fingerprint density at radius 2 is 1.74 bits per heavy atom. The fourth-order valence-electron chi connectivity index (χ4n) is 4.37. The summed E-state index contributed by atoms with van der Waals surface area (Å²) in [6.07, 6.45) is 6.31. The molecular formula is C17H28N2O4. The van der Waals surface area contributed by atoms with Crippen LogP contribution in [0.3, 0.4) is 0 Å². The van der Waals surface area contributed by atoms with Crippen LogP contribution in [0, 0.1) is 11.3 Å². The van der Waals surface area contributed by atoms with Crippen molar-refractivity contribution in [2.24, 2.45) is 11.3 Å². The van der Waals surface area contributed by atoms with E-state index < -0.39 is 11.9 Å². The van der Waals surface area contributed by atoms with E-state index in [1.807, 2.05) is 0 Å². The molecule has 0 aromatic rings. The second kappa shape index (κ2) is 7.18. The van der Waals surface area contributed by atoms with Gasteiger partial charge in [0.1, 0.15) is 0 Å². The molecule has 1 spiro atoms. The molecule has 0 radical (unpaired) electrons. The van der Waals surface area contributed by atoms with Crippen LogP contribution in [0.15, 0.2) is 0 Å². The maximum Gasteiger partial charge on any atom is 0.308 e. The quantitative estimate of drug-likeness (QED) is 0.845. The first-order valence-corrected chi connectivity index (χ1v) is 8.91. The van der Waals surface area contributed by atoms with Crippen molar-refractivity contribution < 1.29 is 19.4 Å². The Bertz CT molecular complexity index is 440. The summed E-state index contributed by atoms with van der Waals surface area (Å²) in [5.41, 5.74) is -0.279. The van der Waals surface area contributed by atoms with Gasteiger partial charge in [-0.25, -0.2) is 0 Å². The second-order valence-corrected chi connectivity index (χ2v) is 7.33. The van der Waals surface area contributed by atoms with Crippen LogP contribution in [0.1, 0.15) is 38.5 Å². The summed E-state index contributed by atoms with van der Waals surface area (Å²) in [5.74, 6) is -1.11. The minimum atomic E-state index is -0.767. The van der Waals surface area contributed by atoms with Crippen molar-refractivity contribution in [2.75, 3.05) is 45.9 Å². The van der Waals surface area contributed by atoms with E-state index in [1.165, 1.54) is 12.8 Å². The van der Waals surface area contributed by atoms with Crippen LogP contribution in [0.5, 0.6) is 0 Å². The molecule has 3 aliphatic heterocycles. The molecule has 3 fully saturated rings. The third kappa shape index (κ3) is 3.69. The normalized spacial score (nSPS) is 28.7. The van der Waals surface area contributed by atoms with E-state index in [9.17, 15) is 14.7 Å². The van der Waals surface area contributed by atoms with Gasteiger partial charge in [-0.15, -0.1) is 0 Å². The van der Waals surface area contributed by atoms with Crippen molar-refractivity contribution in [1.29, 1.82) is 0 Å². The van der Waals surface area contributed by atoms with Crippen LogP contribution in [0.4, 0.5) is 0 Å². The maximum atomic E-state index is 12.7. The topological polar surface area (TPSA) is 70.1 Å². The summed E-state index contributed by atoms with van der Waals surface area (Å²) in [6, 6.07) is 0. The zero-order valence-electron chi connectivity index (χ0n) is 13.8. The second-order valence-electron chi connectivity index (χ2n) is 7.33. The zero-order valence-corrected chi connectivity index (χ0v) is 13.8. The highest BCUT2D eigenvalue weighted by molar-refractivity contribution is 5.81. The first kappa shape index (κ1) is 16.7. The van der Waals surface area contributed by atoms with E-state index in [0.717, 1.165) is 38.8 Å². The van der Waals surface area contributed by atoms with Crippen molar-refractivity contribution in [2.45, 2.75) is 38.5 Å². The molecule has 6 nitrogen and oxygen atoms in total. The Morgan fingerprint density at radius 1 is 1.09 bits per heavy atom. The lowest BCUT2D eigenvalue weighted by molar-refractivity contribution is -0.146. The predicted octanol–water partition coefficient (Wildman–Crippen LogP) is 1.20. The molecule has 3 heterocycles. The van der Waals surface area contributed by atoms with E-state index in [-0.39, 0.29) is 11.3 Å². The number of hydrogen-bond acceptors (Lipinski definition) is 4. The smallest absolute Gasteiger partial charge is 0.308 e. The molecule has 3 rings (SSSR count). The SMILES string of the molecule is O=C(O)C1CN(C(=O)CN2CCCCCC2)CC12CCOCC2. The van der Waals surface area contributed by atoms with Crippen molar-refractivity contribution in [3.05, 3.63) is 0 Å². The first-order valence-electron chi connectivity index (χ1n) is 8.91. The number of nitrogens with zero attached hydrogens (tertiary/aromatic N) is 2. The number of carbonyl (C=O) groups is 2. The Kier molecular flexibility index (Phi) is 5.21. The van der Waals surface area contributed by atoms with Gasteiger partial charge in [-0.3, -0.25) is 14.5 Å². The van der Waals surface area contributed by atoms with E-state index in [0.29, 0.717) is 32.8 Å². The van der Waals surface area contributed by atoms with Gasteiger partial charge in [-0.05, 0) is 38.8 Å². The number of carbonyl (C=O) groups excluding carboxylic acids is 1. The van der Waals surface area contributed by atoms with Crippen LogP contribution >= 0.6 is 0 Å². The molecule has 1 atom stereocenters. The fraction of sp³-hybridized carbons (Fsp3) is 0.882. The summed E-state index contributed by atoms with van der Waals surface area (Å²) >= 11 is 0. The molecule has 6 heteroatoms. The maximum absolute atomic E-state index is 12.7. The summed E-state index contributed by atoms with van der Waals surface area (Å²) in [7, 11) is 0. The van der Waals surface area contributed by atoms with E-state index in [4.69, 9.17) is 4.74 Å². The average Bonchev–Trinajstić information content (AvgIpc) is 2.71. The summed E-state index contributed by atoms with van der Waals surface area (Å²) in [5, 5.41) is 9.60. The van der Waals surface area contributed by atoms with Gasteiger partial charge < -0.3 is 14.7 Å². The summed E-state index contributed by atoms with van der Waals surface area (Å²) in [4.78, 5) is 28.4. The lowest BCUT2D eigenvalue weighted by Crippen LogP contribution is -2.42. The number of amides is 1. The summed E-state index contributed by atoms with van der Waals surface area (Å²) < 4.78 is 5.41. The molecule has 23 heavy (non-hydrogen) atoms. The third-order valence-corrected chi connectivity index (χ3v) is 5.84. The minimum absolute atomic E-state index is 0.0986. The Balaban J connectivity index is 1.63. The van der Waals surface area contributed by atoms with Gasteiger partial charge in [-0.2, -0.15) is 0 Å². The Hall–Kier alpha value is -1.14. The van der Waals surface area contributed by atoms with Gasteiger partial charge in [0.05, 0.1) is 12.5 Å². The lowest BCUT2D eigenvalue weighted by atomic mass is 9.72. The molecule has 0 bridgehead atoms. The lowest BCUT2D eigenvalue weighted by Gasteiger charge is -2.36. The molecule has 0 aliphatic carbocycles. The van der Waals surface area contributed by atoms with Crippen LogP contribution < -0.4 is 0 Å². The number of hydrogen-bond donors (Lipinski definition) is 1. The molecule has 0 saturated carbocycles. The monoisotopic (exact) mass is 324 g/mol. The largest absolute Gasteiger partial charge is 0.481 e. The number of likely N-dealkylation sites (tertiary alicyclic amines) is 2. The standard InChI is InChI=1S/C17H28N2O4/c20-15(12-18-7-3-1-2-4-8-18)19-11-14(16(21)22)17(13-19)5-9-23-10-6-17/h14H,1-13H2,(H,21,22). The molecule has 1 N–H and O–H groups in total. The molecule has 3 aliphatic rings. The molecular weight excluding hydrogens is 296 g/mol. The van der Waals surface area contributed by atoms with Crippen LogP contribution in [0.2, 0.25) is 0 Å². The van der Waals surface area contributed by atoms with Crippen LogP contribution in [0.25, 0.3) is 0 Å². The Morgan fingerprint density at radius 3 is 2.35 bits per heavy atom. The van der Waals surface area contributed by atoms with E-state index in [2.05, 4.69) is 4.90 Å². The van der Waals surface area contributed by atoms with Crippen LogP contribution in [-0.4, -0.2) is 72.7 Å².